The molecular formula is C14H18N4O. The number of rotatable bonds is 4. The third-order valence-electron chi connectivity index (χ3n) is 3.78. The lowest BCUT2D eigenvalue weighted by Gasteiger charge is -2.20. The molecule has 0 aliphatic heterocycles. The maximum absolute atomic E-state index is 5.81. The van der Waals surface area contributed by atoms with Crippen LogP contribution in [0, 0.1) is 5.92 Å². The number of benzene rings is 1. The molecule has 1 aromatic carbocycles. The van der Waals surface area contributed by atoms with Gasteiger partial charge in [0.1, 0.15) is 0 Å². The molecule has 5 nitrogen and oxygen atoms in total. The third-order valence-corrected chi connectivity index (χ3v) is 3.78. The number of hydrogen-bond donors (Lipinski definition) is 2. The van der Waals surface area contributed by atoms with Crippen LogP contribution in [-0.4, -0.2) is 22.8 Å². The number of nitrogens with two attached hydrogens (primary N) is 1. The van der Waals surface area contributed by atoms with Crippen molar-refractivity contribution in [3.63, 3.8) is 0 Å². The fourth-order valence-electron chi connectivity index (χ4n) is 2.76. The Morgan fingerprint density at radius 1 is 1.37 bits per heavy atom. The van der Waals surface area contributed by atoms with Gasteiger partial charge in [-0.05, 0) is 43.5 Å². The first-order chi connectivity index (χ1) is 9.36. The van der Waals surface area contributed by atoms with Crippen LogP contribution in [0.25, 0.3) is 11.5 Å². The van der Waals surface area contributed by atoms with Crippen LogP contribution in [-0.2, 0) is 0 Å². The summed E-state index contributed by atoms with van der Waals surface area (Å²) in [7, 11) is 0. The van der Waals surface area contributed by atoms with Crippen molar-refractivity contribution in [3.8, 4) is 11.5 Å². The van der Waals surface area contributed by atoms with Crippen molar-refractivity contribution >= 4 is 5.69 Å². The summed E-state index contributed by atoms with van der Waals surface area (Å²) < 4.78 is 5.22. The van der Waals surface area contributed by atoms with Crippen LogP contribution in [0.1, 0.15) is 19.3 Å². The Balaban J connectivity index is 1.76. The van der Waals surface area contributed by atoms with E-state index in [9.17, 15) is 0 Å². The van der Waals surface area contributed by atoms with Crippen molar-refractivity contribution in [2.24, 2.45) is 11.7 Å². The molecule has 1 aromatic heterocycles. The summed E-state index contributed by atoms with van der Waals surface area (Å²) in [6.07, 6.45) is 5.00. The van der Waals surface area contributed by atoms with Gasteiger partial charge >= 0.3 is 0 Å². The molecular weight excluding hydrogens is 240 g/mol. The summed E-state index contributed by atoms with van der Waals surface area (Å²) in [6, 6.07) is 8.54. The normalized spacial score (nSPS) is 22.6. The van der Waals surface area contributed by atoms with Gasteiger partial charge in [-0.15, -0.1) is 10.2 Å². The summed E-state index contributed by atoms with van der Waals surface area (Å²) in [5, 5.41) is 11.2. The maximum Gasteiger partial charge on any atom is 0.247 e. The Hall–Kier alpha value is -1.88. The number of nitrogens with zero attached hydrogens (tertiary/aromatic N) is 2. The molecule has 3 rings (SSSR count). The molecule has 1 heterocycles. The molecule has 1 aliphatic carbocycles. The summed E-state index contributed by atoms with van der Waals surface area (Å²) in [4.78, 5) is 0. The second-order valence-corrected chi connectivity index (χ2v) is 5.00. The lowest BCUT2D eigenvalue weighted by Crippen LogP contribution is -2.29. The standard InChI is InChI=1S/C14H18N4O/c15-8-11-4-2-6-13(11)17-12-5-1-3-10(7-12)14-18-16-9-19-14/h1,3,5,7,9,11,13,17H,2,4,6,8,15H2. The molecule has 100 valence electrons. The van der Waals surface area contributed by atoms with Crippen molar-refractivity contribution in [2.75, 3.05) is 11.9 Å². The van der Waals surface area contributed by atoms with E-state index < -0.39 is 0 Å². The highest BCUT2D eigenvalue weighted by Crippen LogP contribution is 2.29. The van der Waals surface area contributed by atoms with Gasteiger partial charge in [-0.2, -0.15) is 0 Å². The molecule has 3 N–H and O–H groups in total. The highest BCUT2D eigenvalue weighted by molar-refractivity contribution is 5.61. The van der Waals surface area contributed by atoms with Crippen molar-refractivity contribution in [1.82, 2.24) is 10.2 Å². The fourth-order valence-corrected chi connectivity index (χ4v) is 2.76. The van der Waals surface area contributed by atoms with Crippen LogP contribution >= 0.6 is 0 Å². The molecule has 2 unspecified atom stereocenters. The second-order valence-electron chi connectivity index (χ2n) is 5.00. The zero-order valence-corrected chi connectivity index (χ0v) is 10.7. The van der Waals surface area contributed by atoms with Crippen LogP contribution < -0.4 is 11.1 Å². The van der Waals surface area contributed by atoms with E-state index in [1.54, 1.807) is 0 Å². The number of hydrogen-bond acceptors (Lipinski definition) is 5. The first-order valence-electron chi connectivity index (χ1n) is 6.70. The zero-order valence-electron chi connectivity index (χ0n) is 10.7. The minimum Gasteiger partial charge on any atom is -0.423 e. The molecule has 2 aromatic rings. The van der Waals surface area contributed by atoms with Gasteiger partial charge in [0.05, 0.1) is 0 Å². The van der Waals surface area contributed by atoms with Gasteiger partial charge in [0.2, 0.25) is 12.3 Å². The highest BCUT2D eigenvalue weighted by atomic mass is 16.4. The molecule has 0 spiro atoms. The highest BCUT2D eigenvalue weighted by Gasteiger charge is 2.25. The summed E-state index contributed by atoms with van der Waals surface area (Å²) in [6.45, 7) is 0.751. The van der Waals surface area contributed by atoms with Crippen molar-refractivity contribution in [1.29, 1.82) is 0 Å². The SMILES string of the molecule is NCC1CCCC1Nc1cccc(-c2nnco2)c1. The molecule has 0 radical (unpaired) electrons. The monoisotopic (exact) mass is 258 g/mol. The Labute approximate surface area is 112 Å². The van der Waals surface area contributed by atoms with Crippen LogP contribution in [0.5, 0.6) is 0 Å². The van der Waals surface area contributed by atoms with Gasteiger partial charge in [-0.25, -0.2) is 0 Å². The van der Waals surface area contributed by atoms with E-state index in [1.165, 1.54) is 25.7 Å². The van der Waals surface area contributed by atoms with Crippen molar-refractivity contribution < 1.29 is 4.42 Å². The summed E-state index contributed by atoms with van der Waals surface area (Å²) in [5.41, 5.74) is 7.83. The lowest BCUT2D eigenvalue weighted by molar-refractivity contribution is 0.516. The van der Waals surface area contributed by atoms with E-state index in [4.69, 9.17) is 10.2 Å². The zero-order chi connectivity index (χ0) is 13.1. The number of anilines is 1. The second kappa shape index (κ2) is 5.40. The molecule has 0 saturated heterocycles. The lowest BCUT2D eigenvalue weighted by atomic mass is 10.0. The van der Waals surface area contributed by atoms with Gasteiger partial charge < -0.3 is 15.5 Å². The van der Waals surface area contributed by atoms with Crippen LogP contribution in [0.3, 0.4) is 0 Å². The smallest absolute Gasteiger partial charge is 0.247 e. The first kappa shape index (κ1) is 12.2. The van der Waals surface area contributed by atoms with Crippen LogP contribution in [0.4, 0.5) is 5.69 Å². The summed E-state index contributed by atoms with van der Waals surface area (Å²) in [5.74, 6) is 1.12. The largest absolute Gasteiger partial charge is 0.423 e. The van der Waals surface area contributed by atoms with Gasteiger partial charge in [0.25, 0.3) is 0 Å². The Bertz CT molecular complexity index is 526. The van der Waals surface area contributed by atoms with E-state index in [-0.39, 0.29) is 0 Å². The minimum absolute atomic E-state index is 0.475. The van der Waals surface area contributed by atoms with E-state index in [1.807, 2.05) is 18.2 Å². The number of aromatic nitrogens is 2. The fraction of sp³-hybridized carbons (Fsp3) is 0.429. The summed E-state index contributed by atoms with van der Waals surface area (Å²) >= 11 is 0. The quantitative estimate of drug-likeness (QED) is 0.879. The maximum atomic E-state index is 5.81. The molecule has 1 fully saturated rings. The van der Waals surface area contributed by atoms with Crippen molar-refractivity contribution in [2.45, 2.75) is 25.3 Å². The predicted octanol–water partition coefficient (Wildman–Crippen LogP) is 2.28. The van der Waals surface area contributed by atoms with Gasteiger partial charge in [0, 0.05) is 17.3 Å². The number of nitrogens with one attached hydrogen (secondary N) is 1. The Morgan fingerprint density at radius 2 is 2.32 bits per heavy atom. The van der Waals surface area contributed by atoms with E-state index in [0.717, 1.165) is 17.8 Å². The Kier molecular flexibility index (Phi) is 3.46. The van der Waals surface area contributed by atoms with E-state index in [0.29, 0.717) is 17.9 Å². The van der Waals surface area contributed by atoms with Crippen LogP contribution in [0.2, 0.25) is 0 Å². The Morgan fingerprint density at radius 3 is 3.11 bits per heavy atom. The molecule has 2 atom stereocenters. The van der Waals surface area contributed by atoms with Crippen LogP contribution in [0.15, 0.2) is 35.1 Å². The third kappa shape index (κ3) is 2.61. The molecule has 19 heavy (non-hydrogen) atoms. The van der Waals surface area contributed by atoms with E-state index in [2.05, 4.69) is 21.6 Å². The van der Waals surface area contributed by atoms with Gasteiger partial charge in [0.15, 0.2) is 0 Å². The van der Waals surface area contributed by atoms with Crippen molar-refractivity contribution in [3.05, 3.63) is 30.7 Å². The van der Waals surface area contributed by atoms with Gasteiger partial charge in [-0.3, -0.25) is 0 Å². The average molecular weight is 258 g/mol. The molecule has 0 amide bonds. The van der Waals surface area contributed by atoms with E-state index >= 15 is 0 Å². The topological polar surface area (TPSA) is 77.0 Å². The molecule has 1 saturated carbocycles. The predicted molar refractivity (Wildman–Crippen MR) is 73.5 cm³/mol. The minimum atomic E-state index is 0.475. The molecule has 5 heteroatoms. The molecule has 0 bridgehead atoms. The molecule has 1 aliphatic rings. The van der Waals surface area contributed by atoms with Gasteiger partial charge in [-0.1, -0.05) is 12.5 Å². The average Bonchev–Trinajstić information content (AvgIpc) is 3.10. The first-order valence-corrected chi connectivity index (χ1v) is 6.70.